The zero-order chi connectivity index (χ0) is 29.1. The van der Waals surface area contributed by atoms with Gasteiger partial charge < -0.3 is 10.6 Å². The predicted molar refractivity (Wildman–Crippen MR) is 158 cm³/mol. The van der Waals surface area contributed by atoms with Crippen molar-refractivity contribution in [2.45, 2.75) is 65.5 Å². The van der Waals surface area contributed by atoms with Crippen molar-refractivity contribution in [3.8, 4) is 0 Å². The largest absolute Gasteiger partial charge is 0.346 e. The number of aryl methyl sites for hydroxylation is 3. The summed E-state index contributed by atoms with van der Waals surface area (Å²) in [7, 11) is 0. The molecule has 6 rings (SSSR count). The number of anilines is 1. The Kier molecular flexibility index (Phi) is 7.85. The third kappa shape index (κ3) is 6.43. The minimum atomic E-state index is -0.255. The standard InChI is InChI=1S/C32H34N8O2/c1-20-6-7-22(17-33-20)18-34-32(42)30-19-40(39-38-30)14-4-3-5-26-15-28-29(37-36-26)16-27(23-8-9-23)31(28)24-10-12-25(13-11-24)35-21(2)41/h6-7,10-13,15,17,19,23H,3-5,8-9,14,16,18H2,1-2H3,(H,34,42)(H,35,41). The molecule has 3 heterocycles. The van der Waals surface area contributed by atoms with E-state index in [1.807, 2.05) is 31.2 Å². The number of aromatic nitrogens is 6. The second-order valence-corrected chi connectivity index (χ2v) is 11.1. The van der Waals surface area contributed by atoms with E-state index in [4.69, 9.17) is 0 Å². The number of nitrogens with one attached hydrogen (secondary N) is 2. The van der Waals surface area contributed by atoms with Crippen molar-refractivity contribution in [3.63, 3.8) is 0 Å². The number of amides is 2. The van der Waals surface area contributed by atoms with E-state index in [9.17, 15) is 9.59 Å². The van der Waals surface area contributed by atoms with Crippen molar-refractivity contribution in [3.05, 3.63) is 99.9 Å². The number of carbonyl (C=O) groups is 2. The van der Waals surface area contributed by atoms with Crippen molar-refractivity contribution in [2.24, 2.45) is 5.92 Å². The van der Waals surface area contributed by atoms with Crippen LogP contribution in [0.4, 0.5) is 5.69 Å². The molecular weight excluding hydrogens is 528 g/mol. The molecule has 0 aliphatic heterocycles. The molecule has 4 aromatic rings. The lowest BCUT2D eigenvalue weighted by Crippen LogP contribution is -2.23. The number of allylic oxidation sites excluding steroid dienone is 1. The van der Waals surface area contributed by atoms with Gasteiger partial charge in [0.15, 0.2) is 5.69 Å². The molecule has 214 valence electrons. The number of rotatable bonds is 11. The topological polar surface area (TPSA) is 128 Å². The van der Waals surface area contributed by atoms with Crippen LogP contribution >= 0.6 is 0 Å². The van der Waals surface area contributed by atoms with Gasteiger partial charge in [-0.2, -0.15) is 10.2 Å². The Hall–Kier alpha value is -4.73. The first-order valence-electron chi connectivity index (χ1n) is 14.5. The molecule has 0 bridgehead atoms. The van der Waals surface area contributed by atoms with Crippen LogP contribution in [0.15, 0.2) is 60.4 Å². The smallest absolute Gasteiger partial charge is 0.273 e. The molecule has 1 aromatic carbocycles. The number of benzene rings is 1. The fourth-order valence-corrected chi connectivity index (χ4v) is 5.38. The molecular formula is C32H34N8O2. The van der Waals surface area contributed by atoms with E-state index in [0.29, 0.717) is 24.7 Å². The van der Waals surface area contributed by atoms with Gasteiger partial charge in [0, 0.05) is 49.6 Å². The van der Waals surface area contributed by atoms with Gasteiger partial charge in [-0.05, 0) is 85.9 Å². The summed E-state index contributed by atoms with van der Waals surface area (Å²) in [4.78, 5) is 28.2. The van der Waals surface area contributed by atoms with E-state index < -0.39 is 0 Å². The van der Waals surface area contributed by atoms with Crippen LogP contribution < -0.4 is 10.6 Å². The van der Waals surface area contributed by atoms with Crippen LogP contribution in [0.3, 0.4) is 0 Å². The quantitative estimate of drug-likeness (QED) is 0.259. The van der Waals surface area contributed by atoms with Crippen LogP contribution in [-0.2, 0) is 30.7 Å². The van der Waals surface area contributed by atoms with Crippen LogP contribution in [0.2, 0.25) is 0 Å². The summed E-state index contributed by atoms with van der Waals surface area (Å²) in [5.41, 5.74) is 10.1. The Labute approximate surface area is 244 Å². The summed E-state index contributed by atoms with van der Waals surface area (Å²) >= 11 is 0. The highest BCUT2D eigenvalue weighted by Gasteiger charge is 2.35. The zero-order valence-electron chi connectivity index (χ0n) is 23.9. The maximum absolute atomic E-state index is 12.5. The summed E-state index contributed by atoms with van der Waals surface area (Å²) in [5, 5.41) is 23.1. The lowest BCUT2D eigenvalue weighted by atomic mass is 9.95. The molecule has 0 saturated heterocycles. The van der Waals surface area contributed by atoms with Gasteiger partial charge in [-0.15, -0.1) is 5.10 Å². The van der Waals surface area contributed by atoms with Crippen molar-refractivity contribution in [1.29, 1.82) is 0 Å². The predicted octanol–water partition coefficient (Wildman–Crippen LogP) is 4.45. The first-order chi connectivity index (χ1) is 20.4. The second kappa shape index (κ2) is 12.0. The number of hydrogen-bond donors (Lipinski definition) is 2. The molecule has 0 radical (unpaired) electrons. The van der Waals surface area contributed by atoms with Crippen molar-refractivity contribution >= 4 is 23.1 Å². The van der Waals surface area contributed by atoms with Crippen LogP contribution in [0, 0.1) is 12.8 Å². The van der Waals surface area contributed by atoms with Crippen LogP contribution in [-0.4, -0.2) is 42.0 Å². The Balaban J connectivity index is 1.04. The Bertz CT molecular complexity index is 1640. The number of unbranched alkanes of at least 4 members (excludes halogenated alkanes) is 1. The van der Waals surface area contributed by atoms with Gasteiger partial charge in [-0.25, -0.2) is 0 Å². The maximum atomic E-state index is 12.5. The minimum Gasteiger partial charge on any atom is -0.346 e. The number of hydrogen-bond acceptors (Lipinski definition) is 7. The van der Waals surface area contributed by atoms with Crippen LogP contribution in [0.25, 0.3) is 5.57 Å². The molecule has 0 atom stereocenters. The van der Waals surface area contributed by atoms with Gasteiger partial charge in [-0.3, -0.25) is 19.3 Å². The summed E-state index contributed by atoms with van der Waals surface area (Å²) in [6.07, 6.45) is 9.35. The lowest BCUT2D eigenvalue weighted by molar-refractivity contribution is -0.114. The molecule has 1 fully saturated rings. The van der Waals surface area contributed by atoms with Gasteiger partial charge in [0.25, 0.3) is 5.91 Å². The van der Waals surface area contributed by atoms with Gasteiger partial charge in [0.05, 0.1) is 17.6 Å². The second-order valence-electron chi connectivity index (χ2n) is 11.1. The Morgan fingerprint density at radius 1 is 1.02 bits per heavy atom. The van der Waals surface area contributed by atoms with Crippen LogP contribution in [0.5, 0.6) is 0 Å². The first kappa shape index (κ1) is 27.4. The minimum absolute atomic E-state index is 0.0756. The highest BCUT2D eigenvalue weighted by Crippen LogP contribution is 2.48. The highest BCUT2D eigenvalue weighted by atomic mass is 16.2. The van der Waals surface area contributed by atoms with Gasteiger partial charge in [0.2, 0.25) is 5.91 Å². The normalized spacial score (nSPS) is 14.1. The SMILES string of the molecule is CC(=O)Nc1ccc(C2=C(C3CC3)Cc3nnc(CCCCn4cc(C(=O)NCc5ccc(C)nc5)nn4)cc32)cc1. The average Bonchev–Trinajstić information content (AvgIpc) is 3.60. The van der Waals surface area contributed by atoms with E-state index in [0.717, 1.165) is 59.6 Å². The molecule has 42 heavy (non-hydrogen) atoms. The molecule has 2 aliphatic rings. The van der Waals surface area contributed by atoms with Crippen molar-refractivity contribution in [2.75, 3.05) is 5.32 Å². The molecule has 2 N–H and O–H groups in total. The zero-order valence-corrected chi connectivity index (χ0v) is 23.9. The van der Waals surface area contributed by atoms with E-state index in [1.54, 1.807) is 17.1 Å². The summed E-state index contributed by atoms with van der Waals surface area (Å²) < 4.78 is 1.71. The summed E-state index contributed by atoms with van der Waals surface area (Å²) in [5.74, 6) is 0.296. The van der Waals surface area contributed by atoms with E-state index in [-0.39, 0.29) is 11.8 Å². The average molecular weight is 563 g/mol. The fraction of sp³-hybridized carbons (Fsp3) is 0.344. The number of pyridine rings is 1. The Morgan fingerprint density at radius 2 is 1.86 bits per heavy atom. The number of fused-ring (bicyclic) bond motifs is 1. The molecule has 10 nitrogen and oxygen atoms in total. The molecule has 10 heteroatoms. The highest BCUT2D eigenvalue weighted by molar-refractivity contribution is 5.92. The molecule has 0 unspecified atom stereocenters. The van der Waals surface area contributed by atoms with Gasteiger partial charge >= 0.3 is 0 Å². The lowest BCUT2D eigenvalue weighted by Gasteiger charge is -2.11. The molecule has 0 spiro atoms. The molecule has 2 aliphatic carbocycles. The third-order valence-electron chi connectivity index (χ3n) is 7.70. The monoisotopic (exact) mass is 562 g/mol. The maximum Gasteiger partial charge on any atom is 0.273 e. The summed E-state index contributed by atoms with van der Waals surface area (Å²) in [6.45, 7) is 4.50. The molecule has 2 amide bonds. The van der Waals surface area contributed by atoms with E-state index in [1.165, 1.54) is 36.5 Å². The third-order valence-corrected chi connectivity index (χ3v) is 7.70. The summed E-state index contributed by atoms with van der Waals surface area (Å²) in [6, 6.07) is 14.2. The van der Waals surface area contributed by atoms with E-state index in [2.05, 4.69) is 54.3 Å². The first-order valence-corrected chi connectivity index (χ1v) is 14.5. The van der Waals surface area contributed by atoms with Crippen molar-refractivity contribution in [1.82, 2.24) is 35.5 Å². The molecule has 1 saturated carbocycles. The van der Waals surface area contributed by atoms with Gasteiger partial charge in [0.1, 0.15) is 0 Å². The van der Waals surface area contributed by atoms with Gasteiger partial charge in [-0.1, -0.05) is 29.0 Å². The Morgan fingerprint density at radius 3 is 2.60 bits per heavy atom. The van der Waals surface area contributed by atoms with Crippen LogP contribution in [0.1, 0.15) is 76.9 Å². The number of carbonyl (C=O) groups excluding carboxylic acids is 2. The fourth-order valence-electron chi connectivity index (χ4n) is 5.38. The van der Waals surface area contributed by atoms with E-state index >= 15 is 0 Å². The molecule has 3 aromatic heterocycles. The van der Waals surface area contributed by atoms with Crippen molar-refractivity contribution < 1.29 is 9.59 Å². The number of nitrogens with zero attached hydrogens (tertiary/aromatic N) is 6.